The Labute approximate surface area is 215 Å². The van der Waals surface area contributed by atoms with E-state index in [-0.39, 0.29) is 17.7 Å². The van der Waals surface area contributed by atoms with Crippen molar-refractivity contribution < 1.29 is 22.5 Å². The lowest BCUT2D eigenvalue weighted by Crippen LogP contribution is -2.18. The zero-order valence-corrected chi connectivity index (χ0v) is 22.4. The fourth-order valence-electron chi connectivity index (χ4n) is 5.00. The molecule has 0 unspecified atom stereocenters. The van der Waals surface area contributed by atoms with Gasteiger partial charge in [-0.25, -0.2) is 9.97 Å². The van der Waals surface area contributed by atoms with E-state index < -0.39 is 18.9 Å². The summed E-state index contributed by atoms with van der Waals surface area (Å²) >= 11 is 0. The molecule has 1 saturated carbocycles. The molecular formula is C26H35F3N5O2P. The molecule has 0 spiro atoms. The summed E-state index contributed by atoms with van der Waals surface area (Å²) < 4.78 is 60.9. The summed E-state index contributed by atoms with van der Waals surface area (Å²) in [7, 11) is -0.906. The van der Waals surface area contributed by atoms with E-state index in [1.165, 1.54) is 6.20 Å². The Balaban J connectivity index is 1.72. The number of benzene rings is 1. The molecule has 1 fully saturated rings. The van der Waals surface area contributed by atoms with Crippen LogP contribution in [0, 0.1) is 0 Å². The predicted octanol–water partition coefficient (Wildman–Crippen LogP) is 5.41. The van der Waals surface area contributed by atoms with Gasteiger partial charge < -0.3 is 24.9 Å². The zero-order valence-electron chi connectivity index (χ0n) is 21.5. The molecule has 0 bridgehead atoms. The number of anilines is 1. The number of fused-ring (bicyclic) bond motifs is 1. The second-order valence-electron chi connectivity index (χ2n) is 9.95. The first-order valence-electron chi connectivity index (χ1n) is 12.7. The van der Waals surface area contributed by atoms with Crippen LogP contribution in [0.25, 0.3) is 22.2 Å². The van der Waals surface area contributed by atoms with Gasteiger partial charge in [0.2, 0.25) is 5.95 Å². The van der Waals surface area contributed by atoms with Crippen LogP contribution < -0.4 is 15.9 Å². The molecule has 1 aromatic carbocycles. The molecule has 11 heteroatoms. The van der Waals surface area contributed by atoms with Gasteiger partial charge in [-0.3, -0.25) is 0 Å². The van der Waals surface area contributed by atoms with E-state index >= 15 is 0 Å². The van der Waals surface area contributed by atoms with Crippen LogP contribution in [0.4, 0.5) is 19.1 Å². The van der Waals surface area contributed by atoms with Crippen molar-refractivity contribution >= 4 is 29.3 Å². The number of aromatic nitrogens is 3. The number of aryl methyl sites for hydroxylation is 1. The molecule has 3 aromatic rings. The fraction of sp³-hybridized carbons (Fsp3) is 0.538. The van der Waals surface area contributed by atoms with Crippen molar-refractivity contribution in [3.05, 3.63) is 35.7 Å². The van der Waals surface area contributed by atoms with E-state index in [9.17, 15) is 17.7 Å². The highest BCUT2D eigenvalue weighted by atomic mass is 31.2. The van der Waals surface area contributed by atoms with Crippen LogP contribution >= 0.6 is 7.14 Å². The maximum absolute atomic E-state index is 14.0. The Morgan fingerprint density at radius 1 is 1.19 bits per heavy atom. The minimum absolute atomic E-state index is 0.162. The van der Waals surface area contributed by atoms with Crippen LogP contribution in [0.1, 0.15) is 43.2 Å². The number of ether oxygens (including phenoxy) is 1. The van der Waals surface area contributed by atoms with Crippen LogP contribution in [0.15, 0.2) is 24.5 Å². The number of nitrogens with zero attached hydrogens (tertiary/aromatic N) is 2. The van der Waals surface area contributed by atoms with Gasteiger partial charge in [-0.2, -0.15) is 13.2 Å². The number of alkyl halides is 3. The average molecular weight is 538 g/mol. The molecule has 2 heterocycles. The van der Waals surface area contributed by atoms with E-state index in [0.717, 1.165) is 50.4 Å². The molecule has 3 N–H and O–H groups in total. The number of likely N-dealkylation sites (N-methyl/N-ethyl adjacent to an activating group) is 1. The second-order valence-corrected chi connectivity index (χ2v) is 13.1. The summed E-state index contributed by atoms with van der Waals surface area (Å²) in [5.74, 6) is 0.191. The first kappa shape index (κ1) is 27.6. The standard InChI is InChI=1S/C26H35F3N5O2P/c1-30-12-14-36-13-6-7-17-10-11-19-20(15-31-23(19)24(17)37(2,3)35)22-21(26(27,28)29)16-32-25(34-22)33-18-8-4-5-9-18/h10-11,15-16,18,30-31H,4-9,12-14H2,1-3H3,(H,32,33,34). The second kappa shape index (κ2) is 11.5. The maximum atomic E-state index is 14.0. The number of hydrogen-bond acceptors (Lipinski definition) is 6. The molecule has 0 radical (unpaired) electrons. The topological polar surface area (TPSA) is 91.9 Å². The molecule has 0 saturated heterocycles. The van der Waals surface area contributed by atoms with E-state index in [1.54, 1.807) is 19.4 Å². The zero-order chi connectivity index (χ0) is 26.6. The molecule has 1 aliphatic carbocycles. The third-order valence-corrected chi connectivity index (χ3v) is 8.31. The van der Waals surface area contributed by atoms with Crippen LogP contribution in [0.5, 0.6) is 0 Å². The lowest BCUT2D eigenvalue weighted by molar-refractivity contribution is -0.137. The van der Waals surface area contributed by atoms with Crippen molar-refractivity contribution in [1.82, 2.24) is 20.3 Å². The molecule has 0 atom stereocenters. The van der Waals surface area contributed by atoms with E-state index in [2.05, 4.69) is 25.6 Å². The van der Waals surface area contributed by atoms with Crippen LogP contribution in [-0.2, 0) is 21.9 Å². The molecule has 0 amide bonds. The molecule has 7 nitrogen and oxygen atoms in total. The van der Waals surface area contributed by atoms with Crippen molar-refractivity contribution in [2.24, 2.45) is 0 Å². The molecular weight excluding hydrogens is 502 g/mol. The SMILES string of the molecule is CNCCOCCCc1ccc2c(-c3nc(NC4CCCC4)ncc3C(F)(F)F)c[nH]c2c1P(C)(C)=O. The summed E-state index contributed by atoms with van der Waals surface area (Å²) in [4.78, 5) is 11.5. The first-order valence-corrected chi connectivity index (χ1v) is 15.3. The fourth-order valence-corrected chi connectivity index (χ4v) is 6.60. The molecule has 2 aromatic heterocycles. The van der Waals surface area contributed by atoms with Gasteiger partial charge in [-0.1, -0.05) is 25.0 Å². The Hall–Kier alpha value is -2.42. The number of rotatable bonds is 11. The summed E-state index contributed by atoms with van der Waals surface area (Å²) in [5.41, 5.74) is 0.734. The number of halogens is 3. The predicted molar refractivity (Wildman–Crippen MR) is 142 cm³/mol. The van der Waals surface area contributed by atoms with Crippen LogP contribution in [0.2, 0.25) is 0 Å². The summed E-state index contributed by atoms with van der Waals surface area (Å²) in [6.45, 7) is 5.32. The molecule has 202 valence electrons. The highest BCUT2D eigenvalue weighted by molar-refractivity contribution is 7.70. The molecule has 4 rings (SSSR count). The Morgan fingerprint density at radius 2 is 1.95 bits per heavy atom. The maximum Gasteiger partial charge on any atom is 0.419 e. The van der Waals surface area contributed by atoms with Crippen molar-refractivity contribution in [3.8, 4) is 11.3 Å². The lowest BCUT2D eigenvalue weighted by atomic mass is 10.0. The van der Waals surface area contributed by atoms with Crippen molar-refractivity contribution in [2.75, 3.05) is 45.5 Å². The Bertz CT molecular complexity index is 1270. The number of aromatic amines is 1. The first-order chi connectivity index (χ1) is 17.6. The molecule has 0 aliphatic heterocycles. The Morgan fingerprint density at radius 3 is 2.62 bits per heavy atom. The van der Waals surface area contributed by atoms with Gasteiger partial charge in [-0.05, 0) is 51.6 Å². The monoisotopic (exact) mass is 537 g/mol. The van der Waals surface area contributed by atoms with Gasteiger partial charge in [0.15, 0.2) is 0 Å². The lowest BCUT2D eigenvalue weighted by Gasteiger charge is -2.17. The van der Waals surface area contributed by atoms with Gasteiger partial charge in [0.25, 0.3) is 0 Å². The summed E-state index contributed by atoms with van der Waals surface area (Å²) in [5, 5.41) is 7.45. The van der Waals surface area contributed by atoms with Gasteiger partial charge in [0, 0.05) is 47.8 Å². The van der Waals surface area contributed by atoms with Crippen molar-refractivity contribution in [2.45, 2.75) is 50.7 Å². The van der Waals surface area contributed by atoms with Crippen LogP contribution in [-0.4, -0.2) is 61.1 Å². The van der Waals surface area contributed by atoms with Gasteiger partial charge in [-0.15, -0.1) is 0 Å². The van der Waals surface area contributed by atoms with Gasteiger partial charge in [0.05, 0.1) is 17.8 Å². The van der Waals surface area contributed by atoms with Crippen LogP contribution in [0.3, 0.4) is 0 Å². The number of hydrogen-bond donors (Lipinski definition) is 3. The average Bonchev–Trinajstić information content (AvgIpc) is 3.49. The van der Waals surface area contributed by atoms with Gasteiger partial charge >= 0.3 is 6.18 Å². The highest BCUT2D eigenvalue weighted by Crippen LogP contribution is 2.43. The number of nitrogens with one attached hydrogen (secondary N) is 3. The number of H-pyrrole nitrogens is 1. The highest BCUT2D eigenvalue weighted by Gasteiger charge is 2.36. The minimum Gasteiger partial charge on any atom is -0.380 e. The minimum atomic E-state index is -4.62. The van der Waals surface area contributed by atoms with Crippen molar-refractivity contribution in [1.29, 1.82) is 0 Å². The summed E-state index contributed by atoms with van der Waals surface area (Å²) in [6, 6.07) is 3.83. The third-order valence-electron chi connectivity index (χ3n) is 6.72. The molecule has 1 aliphatic rings. The summed E-state index contributed by atoms with van der Waals surface area (Å²) in [6.07, 6.45) is 3.22. The third kappa shape index (κ3) is 6.54. The quantitative estimate of drug-likeness (QED) is 0.224. The normalized spacial score (nSPS) is 15.1. The van der Waals surface area contributed by atoms with E-state index in [0.29, 0.717) is 41.4 Å². The smallest absolute Gasteiger partial charge is 0.380 e. The van der Waals surface area contributed by atoms with E-state index in [1.807, 2.05) is 13.1 Å². The largest absolute Gasteiger partial charge is 0.419 e. The molecule has 37 heavy (non-hydrogen) atoms. The Kier molecular flexibility index (Phi) is 8.61. The van der Waals surface area contributed by atoms with Gasteiger partial charge in [0.1, 0.15) is 12.7 Å². The van der Waals surface area contributed by atoms with Crippen molar-refractivity contribution in [3.63, 3.8) is 0 Å². The van der Waals surface area contributed by atoms with E-state index in [4.69, 9.17) is 4.74 Å².